The Bertz CT molecular complexity index is 440. The van der Waals surface area contributed by atoms with Crippen LogP contribution in [0.25, 0.3) is 0 Å². The molecule has 1 aliphatic rings. The lowest BCUT2D eigenvalue weighted by molar-refractivity contribution is -0.124. The number of aryl methyl sites for hydroxylation is 1. The maximum Gasteiger partial charge on any atom is 0.251 e. The molecule has 1 heterocycles. The minimum Gasteiger partial charge on any atom is -0.341 e. The van der Waals surface area contributed by atoms with Crippen LogP contribution in [0.2, 0.25) is 0 Å². The van der Waals surface area contributed by atoms with Gasteiger partial charge in [0.25, 0.3) is 5.91 Å². The van der Waals surface area contributed by atoms with Crippen LogP contribution in [0.1, 0.15) is 24.1 Å². The van der Waals surface area contributed by atoms with Gasteiger partial charge in [0, 0.05) is 18.2 Å². The number of rotatable bonds is 1. The van der Waals surface area contributed by atoms with Gasteiger partial charge in [-0.1, -0.05) is 17.7 Å². The SMILES string of the molecule is CC(=O)NC1C(=O)Nc2ccc(C)cc21. The van der Waals surface area contributed by atoms with E-state index in [1.54, 1.807) is 0 Å². The third-order valence-electron chi connectivity index (χ3n) is 2.39. The Kier molecular flexibility index (Phi) is 2.19. The van der Waals surface area contributed by atoms with E-state index in [0.29, 0.717) is 0 Å². The Balaban J connectivity index is 2.39. The van der Waals surface area contributed by atoms with E-state index in [-0.39, 0.29) is 11.8 Å². The van der Waals surface area contributed by atoms with Crippen LogP contribution in [0.15, 0.2) is 18.2 Å². The lowest BCUT2D eigenvalue weighted by Crippen LogP contribution is -2.30. The molecule has 2 amide bonds. The number of anilines is 1. The summed E-state index contributed by atoms with van der Waals surface area (Å²) in [4.78, 5) is 22.5. The zero-order valence-corrected chi connectivity index (χ0v) is 8.63. The van der Waals surface area contributed by atoms with Gasteiger partial charge in [0.1, 0.15) is 6.04 Å². The maximum absolute atomic E-state index is 11.6. The minimum atomic E-state index is -0.544. The molecule has 0 spiro atoms. The van der Waals surface area contributed by atoms with Crippen molar-refractivity contribution < 1.29 is 9.59 Å². The number of fused-ring (bicyclic) bond motifs is 1. The van der Waals surface area contributed by atoms with Crippen LogP contribution in [0.5, 0.6) is 0 Å². The summed E-state index contributed by atoms with van der Waals surface area (Å²) < 4.78 is 0. The van der Waals surface area contributed by atoms with Crippen LogP contribution < -0.4 is 10.6 Å². The summed E-state index contributed by atoms with van der Waals surface area (Å²) in [6.07, 6.45) is 0. The molecule has 1 aromatic carbocycles. The fourth-order valence-electron chi connectivity index (χ4n) is 1.73. The van der Waals surface area contributed by atoms with Crippen LogP contribution in [0.4, 0.5) is 5.69 Å². The molecule has 1 unspecified atom stereocenters. The molecule has 0 bridgehead atoms. The molecule has 2 rings (SSSR count). The topological polar surface area (TPSA) is 58.2 Å². The lowest BCUT2D eigenvalue weighted by atomic mass is 10.1. The number of hydrogen-bond donors (Lipinski definition) is 2. The van der Waals surface area contributed by atoms with Crippen LogP contribution in [0, 0.1) is 6.92 Å². The van der Waals surface area contributed by atoms with Crippen molar-refractivity contribution in [3.63, 3.8) is 0 Å². The molecule has 15 heavy (non-hydrogen) atoms. The molecule has 1 aromatic rings. The third kappa shape index (κ3) is 1.70. The Hall–Kier alpha value is -1.84. The van der Waals surface area contributed by atoms with Crippen molar-refractivity contribution in [3.05, 3.63) is 29.3 Å². The fraction of sp³-hybridized carbons (Fsp3) is 0.273. The molecule has 0 saturated carbocycles. The van der Waals surface area contributed by atoms with Gasteiger partial charge in [-0.05, 0) is 13.0 Å². The van der Waals surface area contributed by atoms with E-state index < -0.39 is 6.04 Å². The van der Waals surface area contributed by atoms with Gasteiger partial charge in [0.15, 0.2) is 0 Å². The molecule has 2 N–H and O–H groups in total. The molecule has 0 fully saturated rings. The van der Waals surface area contributed by atoms with Crippen molar-refractivity contribution in [2.45, 2.75) is 19.9 Å². The molecule has 4 heteroatoms. The molecule has 4 nitrogen and oxygen atoms in total. The second-order valence-electron chi connectivity index (χ2n) is 3.71. The van der Waals surface area contributed by atoms with E-state index >= 15 is 0 Å². The summed E-state index contributed by atoms with van der Waals surface area (Å²) in [6.45, 7) is 3.36. The highest BCUT2D eigenvalue weighted by Gasteiger charge is 2.30. The van der Waals surface area contributed by atoms with Crippen LogP contribution in [0.3, 0.4) is 0 Å². The standard InChI is InChI=1S/C11H12N2O2/c1-6-3-4-9-8(5-6)10(11(15)13-9)12-7(2)14/h3-5,10H,1-2H3,(H,12,14)(H,13,15). The van der Waals surface area contributed by atoms with Gasteiger partial charge in [-0.15, -0.1) is 0 Å². The number of carbonyl (C=O) groups is 2. The zero-order valence-electron chi connectivity index (χ0n) is 8.63. The highest BCUT2D eigenvalue weighted by Crippen LogP contribution is 2.31. The van der Waals surface area contributed by atoms with Crippen molar-refractivity contribution >= 4 is 17.5 Å². The summed E-state index contributed by atoms with van der Waals surface area (Å²) in [5.41, 5.74) is 2.69. The Morgan fingerprint density at radius 3 is 2.87 bits per heavy atom. The van der Waals surface area contributed by atoms with Crippen LogP contribution in [-0.2, 0) is 9.59 Å². The van der Waals surface area contributed by atoms with Crippen molar-refractivity contribution in [1.82, 2.24) is 5.32 Å². The first-order valence-electron chi connectivity index (χ1n) is 4.76. The number of carbonyl (C=O) groups excluding carboxylic acids is 2. The first-order chi connectivity index (χ1) is 7.08. The number of nitrogens with one attached hydrogen (secondary N) is 2. The van der Waals surface area contributed by atoms with Crippen LogP contribution in [-0.4, -0.2) is 11.8 Å². The predicted molar refractivity (Wildman–Crippen MR) is 56.4 cm³/mol. The van der Waals surface area contributed by atoms with E-state index in [4.69, 9.17) is 0 Å². The predicted octanol–water partition coefficient (Wildman–Crippen LogP) is 1.12. The normalized spacial score (nSPS) is 18.3. The smallest absolute Gasteiger partial charge is 0.251 e. The molecule has 0 radical (unpaired) electrons. The highest BCUT2D eigenvalue weighted by atomic mass is 16.2. The van der Waals surface area contributed by atoms with Gasteiger partial charge < -0.3 is 10.6 Å². The molecular weight excluding hydrogens is 192 g/mol. The Morgan fingerprint density at radius 1 is 1.47 bits per heavy atom. The largest absolute Gasteiger partial charge is 0.341 e. The van der Waals surface area contributed by atoms with E-state index in [1.807, 2.05) is 25.1 Å². The van der Waals surface area contributed by atoms with Gasteiger partial charge in [-0.25, -0.2) is 0 Å². The molecule has 0 aliphatic carbocycles. The second kappa shape index (κ2) is 3.38. The van der Waals surface area contributed by atoms with Gasteiger partial charge in [-0.2, -0.15) is 0 Å². The maximum atomic E-state index is 11.6. The van der Waals surface area contributed by atoms with Gasteiger partial charge in [0.2, 0.25) is 5.91 Å². The number of amides is 2. The molecule has 78 valence electrons. The molecular formula is C11H12N2O2. The first-order valence-corrected chi connectivity index (χ1v) is 4.76. The molecule has 1 aliphatic heterocycles. The quantitative estimate of drug-likeness (QED) is 0.720. The van der Waals surface area contributed by atoms with Crippen LogP contribution >= 0.6 is 0 Å². The summed E-state index contributed by atoms with van der Waals surface area (Å²) >= 11 is 0. The van der Waals surface area contributed by atoms with E-state index in [1.165, 1.54) is 6.92 Å². The van der Waals surface area contributed by atoms with Gasteiger partial charge in [0.05, 0.1) is 0 Å². The Morgan fingerprint density at radius 2 is 2.20 bits per heavy atom. The van der Waals surface area contributed by atoms with Crippen molar-refractivity contribution in [1.29, 1.82) is 0 Å². The average molecular weight is 204 g/mol. The van der Waals surface area contributed by atoms with E-state index in [2.05, 4.69) is 10.6 Å². The second-order valence-corrected chi connectivity index (χ2v) is 3.71. The zero-order chi connectivity index (χ0) is 11.0. The van der Waals surface area contributed by atoms with Crippen molar-refractivity contribution in [2.75, 3.05) is 5.32 Å². The molecule has 0 saturated heterocycles. The lowest BCUT2D eigenvalue weighted by Gasteiger charge is -2.09. The summed E-state index contributed by atoms with van der Waals surface area (Å²) in [6, 6.07) is 5.14. The van der Waals surface area contributed by atoms with E-state index in [0.717, 1.165) is 16.8 Å². The fourth-order valence-corrected chi connectivity index (χ4v) is 1.73. The summed E-state index contributed by atoms with van der Waals surface area (Å²) in [7, 11) is 0. The van der Waals surface area contributed by atoms with Crippen molar-refractivity contribution in [3.8, 4) is 0 Å². The minimum absolute atomic E-state index is 0.175. The van der Waals surface area contributed by atoms with E-state index in [9.17, 15) is 9.59 Å². The number of hydrogen-bond acceptors (Lipinski definition) is 2. The van der Waals surface area contributed by atoms with Gasteiger partial charge >= 0.3 is 0 Å². The van der Waals surface area contributed by atoms with Crippen molar-refractivity contribution in [2.24, 2.45) is 0 Å². The third-order valence-corrected chi connectivity index (χ3v) is 2.39. The monoisotopic (exact) mass is 204 g/mol. The Labute approximate surface area is 87.7 Å². The summed E-state index contributed by atoms with van der Waals surface area (Å²) in [5.74, 6) is -0.379. The summed E-state index contributed by atoms with van der Waals surface area (Å²) in [5, 5.41) is 5.35. The van der Waals surface area contributed by atoms with Gasteiger partial charge in [-0.3, -0.25) is 9.59 Å². The molecule has 0 aromatic heterocycles. The average Bonchev–Trinajstić information content (AvgIpc) is 2.43. The molecule has 1 atom stereocenters. The number of benzene rings is 1. The highest BCUT2D eigenvalue weighted by molar-refractivity contribution is 6.04. The first kappa shape index (κ1) is 9.71.